The second-order valence-electron chi connectivity index (χ2n) is 4.48. The molecule has 0 amide bonds. The lowest BCUT2D eigenvalue weighted by atomic mass is 10.0. The fourth-order valence-electron chi connectivity index (χ4n) is 2.01. The van der Waals surface area contributed by atoms with Gasteiger partial charge in [0, 0.05) is 36.9 Å². The zero-order valence-corrected chi connectivity index (χ0v) is 11.8. The van der Waals surface area contributed by atoms with E-state index < -0.39 is 0 Å². The molecule has 0 heterocycles. The third-order valence-electron chi connectivity index (χ3n) is 3.10. The van der Waals surface area contributed by atoms with Crippen molar-refractivity contribution in [1.82, 2.24) is 5.32 Å². The van der Waals surface area contributed by atoms with E-state index in [4.69, 9.17) is 20.3 Å². The van der Waals surface area contributed by atoms with Crippen LogP contribution < -0.4 is 20.5 Å². The summed E-state index contributed by atoms with van der Waals surface area (Å²) < 4.78 is 10.6. The summed E-state index contributed by atoms with van der Waals surface area (Å²) in [5.41, 5.74) is 6.83. The van der Waals surface area contributed by atoms with Crippen LogP contribution in [0.1, 0.15) is 24.9 Å². The van der Waals surface area contributed by atoms with Crippen LogP contribution in [-0.2, 0) is 0 Å². The van der Waals surface area contributed by atoms with Crippen LogP contribution in [0.25, 0.3) is 0 Å². The van der Waals surface area contributed by atoms with Crippen LogP contribution in [0.2, 0.25) is 0 Å². The van der Waals surface area contributed by atoms with Crippen molar-refractivity contribution in [3.05, 3.63) is 23.8 Å². The predicted octanol–water partition coefficient (Wildman–Crippen LogP) is 1.06. The number of nitrogens with one attached hydrogen (secondary N) is 1. The Hall–Kier alpha value is -1.30. The molecular weight excluding hydrogens is 244 g/mol. The molecule has 19 heavy (non-hydrogen) atoms. The van der Waals surface area contributed by atoms with Gasteiger partial charge in [-0.05, 0) is 19.4 Å². The molecule has 0 aliphatic heterocycles. The van der Waals surface area contributed by atoms with E-state index >= 15 is 0 Å². The minimum absolute atomic E-state index is 0.0117. The van der Waals surface area contributed by atoms with E-state index in [0.29, 0.717) is 13.0 Å². The Kier molecular flexibility index (Phi) is 6.62. The zero-order chi connectivity index (χ0) is 14.3. The first kappa shape index (κ1) is 15.8. The smallest absolute Gasteiger partial charge is 0.127 e. The van der Waals surface area contributed by atoms with Crippen molar-refractivity contribution in [3.8, 4) is 11.5 Å². The molecule has 0 aromatic heterocycles. The maximum atomic E-state index is 8.95. The minimum atomic E-state index is -0.0117. The molecule has 108 valence electrons. The first-order valence-corrected chi connectivity index (χ1v) is 6.45. The highest BCUT2D eigenvalue weighted by molar-refractivity contribution is 5.42. The zero-order valence-electron chi connectivity index (χ0n) is 11.8. The van der Waals surface area contributed by atoms with Gasteiger partial charge in [0.15, 0.2) is 0 Å². The van der Waals surface area contributed by atoms with E-state index in [1.54, 1.807) is 14.2 Å². The number of rotatable bonds is 8. The Morgan fingerprint density at radius 1 is 1.32 bits per heavy atom. The number of aliphatic hydroxyl groups excluding tert-OH is 1. The first-order chi connectivity index (χ1) is 9.15. The van der Waals surface area contributed by atoms with Crippen molar-refractivity contribution in [3.63, 3.8) is 0 Å². The summed E-state index contributed by atoms with van der Waals surface area (Å²) >= 11 is 0. The standard InChI is InChI=1S/C14H24N2O3/c1-10(6-7-17)16-13(9-15)12-5-4-11(18-2)8-14(12)19-3/h4-5,8,10,13,16-17H,6-7,9,15H2,1-3H3. The van der Waals surface area contributed by atoms with Crippen LogP contribution in [0.15, 0.2) is 18.2 Å². The number of nitrogens with two attached hydrogens (primary N) is 1. The quantitative estimate of drug-likeness (QED) is 0.657. The summed E-state index contributed by atoms with van der Waals surface area (Å²) in [6.07, 6.45) is 0.689. The van der Waals surface area contributed by atoms with Crippen molar-refractivity contribution >= 4 is 0 Å². The molecule has 0 aliphatic carbocycles. The minimum Gasteiger partial charge on any atom is -0.497 e. The van der Waals surface area contributed by atoms with E-state index in [0.717, 1.165) is 17.1 Å². The van der Waals surface area contributed by atoms with Gasteiger partial charge in [-0.1, -0.05) is 6.07 Å². The third kappa shape index (κ3) is 4.38. The van der Waals surface area contributed by atoms with Crippen LogP contribution in [-0.4, -0.2) is 38.5 Å². The number of hydrogen-bond acceptors (Lipinski definition) is 5. The molecule has 5 heteroatoms. The van der Waals surface area contributed by atoms with Gasteiger partial charge >= 0.3 is 0 Å². The third-order valence-corrected chi connectivity index (χ3v) is 3.10. The molecule has 0 saturated heterocycles. The van der Waals surface area contributed by atoms with Crippen molar-refractivity contribution in [1.29, 1.82) is 0 Å². The Labute approximate surface area is 114 Å². The molecule has 5 nitrogen and oxygen atoms in total. The predicted molar refractivity (Wildman–Crippen MR) is 75.6 cm³/mol. The van der Waals surface area contributed by atoms with Crippen LogP contribution in [0.3, 0.4) is 0 Å². The summed E-state index contributed by atoms with van der Waals surface area (Å²) in [6, 6.07) is 5.86. The summed E-state index contributed by atoms with van der Waals surface area (Å²) in [5.74, 6) is 1.50. The maximum absolute atomic E-state index is 8.95. The van der Waals surface area contributed by atoms with Gasteiger partial charge in [-0.3, -0.25) is 0 Å². The molecule has 0 spiro atoms. The Morgan fingerprint density at radius 2 is 2.05 bits per heavy atom. The average molecular weight is 268 g/mol. The molecular formula is C14H24N2O3. The van der Waals surface area contributed by atoms with E-state index in [1.165, 1.54) is 0 Å². The molecule has 4 N–H and O–H groups in total. The van der Waals surface area contributed by atoms with Crippen LogP contribution in [0.5, 0.6) is 11.5 Å². The van der Waals surface area contributed by atoms with Gasteiger partial charge < -0.3 is 25.6 Å². The van der Waals surface area contributed by atoms with E-state index in [9.17, 15) is 0 Å². The maximum Gasteiger partial charge on any atom is 0.127 e. The van der Waals surface area contributed by atoms with E-state index in [1.807, 2.05) is 25.1 Å². The monoisotopic (exact) mass is 268 g/mol. The van der Waals surface area contributed by atoms with Crippen molar-refractivity contribution < 1.29 is 14.6 Å². The van der Waals surface area contributed by atoms with Gasteiger partial charge in [0.2, 0.25) is 0 Å². The fourth-order valence-corrected chi connectivity index (χ4v) is 2.01. The first-order valence-electron chi connectivity index (χ1n) is 6.45. The Bertz CT molecular complexity index is 385. The van der Waals surface area contributed by atoms with Crippen molar-refractivity contribution in [2.75, 3.05) is 27.4 Å². The van der Waals surface area contributed by atoms with Gasteiger partial charge in [0.25, 0.3) is 0 Å². The van der Waals surface area contributed by atoms with Gasteiger partial charge in [-0.25, -0.2) is 0 Å². The molecule has 0 radical (unpaired) electrons. The van der Waals surface area contributed by atoms with Crippen LogP contribution in [0, 0.1) is 0 Å². The highest BCUT2D eigenvalue weighted by Crippen LogP contribution is 2.29. The fraction of sp³-hybridized carbons (Fsp3) is 0.571. The lowest BCUT2D eigenvalue weighted by Crippen LogP contribution is -2.35. The van der Waals surface area contributed by atoms with Crippen LogP contribution >= 0.6 is 0 Å². The number of benzene rings is 1. The number of aliphatic hydroxyl groups is 1. The average Bonchev–Trinajstić information content (AvgIpc) is 2.44. The molecule has 1 rings (SSSR count). The highest BCUT2D eigenvalue weighted by atomic mass is 16.5. The van der Waals surface area contributed by atoms with Crippen molar-refractivity contribution in [2.45, 2.75) is 25.4 Å². The molecule has 2 unspecified atom stereocenters. The molecule has 0 saturated carbocycles. The molecule has 1 aromatic rings. The molecule has 1 aromatic carbocycles. The largest absolute Gasteiger partial charge is 0.497 e. The number of methoxy groups -OCH3 is 2. The summed E-state index contributed by atoms with van der Waals surface area (Å²) in [6.45, 7) is 2.64. The van der Waals surface area contributed by atoms with Gasteiger partial charge in [0.1, 0.15) is 11.5 Å². The highest BCUT2D eigenvalue weighted by Gasteiger charge is 2.17. The summed E-state index contributed by atoms with van der Waals surface area (Å²) in [4.78, 5) is 0. The second kappa shape index (κ2) is 7.99. The van der Waals surface area contributed by atoms with E-state index in [2.05, 4.69) is 5.32 Å². The SMILES string of the molecule is COc1ccc(C(CN)NC(C)CCO)c(OC)c1. The molecule has 0 bridgehead atoms. The van der Waals surface area contributed by atoms with Crippen LogP contribution in [0.4, 0.5) is 0 Å². The molecule has 2 atom stereocenters. The van der Waals surface area contributed by atoms with Gasteiger partial charge in [-0.2, -0.15) is 0 Å². The summed E-state index contributed by atoms with van der Waals surface area (Å²) in [5, 5.41) is 12.3. The Morgan fingerprint density at radius 3 is 2.58 bits per heavy atom. The lowest BCUT2D eigenvalue weighted by Gasteiger charge is -2.24. The topological polar surface area (TPSA) is 76.7 Å². The van der Waals surface area contributed by atoms with Gasteiger partial charge in [-0.15, -0.1) is 0 Å². The normalized spacial score (nSPS) is 13.9. The second-order valence-corrected chi connectivity index (χ2v) is 4.48. The summed E-state index contributed by atoms with van der Waals surface area (Å²) in [7, 11) is 3.25. The number of hydrogen-bond donors (Lipinski definition) is 3. The molecule has 0 fully saturated rings. The number of ether oxygens (including phenoxy) is 2. The van der Waals surface area contributed by atoms with Crippen molar-refractivity contribution in [2.24, 2.45) is 5.73 Å². The lowest BCUT2D eigenvalue weighted by molar-refractivity contribution is 0.263. The van der Waals surface area contributed by atoms with Gasteiger partial charge in [0.05, 0.1) is 14.2 Å². The van der Waals surface area contributed by atoms with E-state index in [-0.39, 0.29) is 18.7 Å². The molecule has 0 aliphatic rings. The Balaban J connectivity index is 2.90.